The summed E-state index contributed by atoms with van der Waals surface area (Å²) in [7, 11) is 0. The fraction of sp³-hybridized carbons (Fsp3) is 0.769. The van der Waals surface area contributed by atoms with Crippen LogP contribution in [0.5, 0.6) is 0 Å². The third-order valence-corrected chi connectivity index (χ3v) is 3.35. The van der Waals surface area contributed by atoms with E-state index in [0.29, 0.717) is 11.8 Å². The summed E-state index contributed by atoms with van der Waals surface area (Å²) in [5, 5.41) is 0. The topological polar surface area (TPSA) is 72.5 Å². The lowest BCUT2D eigenvalue weighted by atomic mass is 9.79. The highest BCUT2D eigenvalue weighted by Gasteiger charge is 2.24. The van der Waals surface area contributed by atoms with Gasteiger partial charge in [0.1, 0.15) is 12.3 Å². The van der Waals surface area contributed by atoms with E-state index in [1.807, 2.05) is 6.92 Å². The molecule has 0 radical (unpaired) electrons. The van der Waals surface area contributed by atoms with Crippen molar-refractivity contribution in [2.24, 2.45) is 28.5 Å². The maximum Gasteiger partial charge on any atom is 0.239 e. The van der Waals surface area contributed by atoms with Crippen molar-refractivity contribution in [3.8, 4) is 0 Å². The first-order chi connectivity index (χ1) is 7.90. The molecule has 0 aliphatic rings. The molecule has 0 saturated heterocycles. The number of ketones is 1. The third-order valence-electron chi connectivity index (χ3n) is 3.35. The fourth-order valence-electron chi connectivity index (χ4n) is 2.04. The lowest BCUT2D eigenvalue weighted by molar-refractivity contribution is -0.122. The van der Waals surface area contributed by atoms with Crippen molar-refractivity contribution in [1.29, 1.82) is 0 Å². The van der Waals surface area contributed by atoms with Crippen LogP contribution in [0.1, 0.15) is 40.5 Å². The van der Waals surface area contributed by atoms with Gasteiger partial charge in [-0.25, -0.2) is 0 Å². The highest BCUT2D eigenvalue weighted by molar-refractivity contribution is 5.79. The number of rotatable bonds is 8. The van der Waals surface area contributed by atoms with Gasteiger partial charge in [0.05, 0.1) is 0 Å². The molecular formula is C13H24N2O2. The standard InChI is InChI=1S/C13H24N2O2/c1-5-12(11(4)16)10(3)9(2)6-7-15-8-13(14)17/h7,9-10,12H,5-6,8H2,1-4H3,(H2,14,17)/t9-,10?,12+/m1/s1. The summed E-state index contributed by atoms with van der Waals surface area (Å²) < 4.78 is 0. The fourth-order valence-corrected chi connectivity index (χ4v) is 2.04. The Morgan fingerprint density at radius 3 is 2.35 bits per heavy atom. The Hall–Kier alpha value is -1.19. The number of hydrogen-bond acceptors (Lipinski definition) is 3. The summed E-state index contributed by atoms with van der Waals surface area (Å²) in [5.74, 6) is 0.658. The summed E-state index contributed by atoms with van der Waals surface area (Å²) in [6.07, 6.45) is 3.39. The van der Waals surface area contributed by atoms with Gasteiger partial charge in [-0.05, 0) is 37.8 Å². The number of hydrogen-bond donors (Lipinski definition) is 1. The first kappa shape index (κ1) is 15.8. The first-order valence-electron chi connectivity index (χ1n) is 6.17. The van der Waals surface area contributed by atoms with E-state index in [9.17, 15) is 9.59 Å². The highest BCUT2D eigenvalue weighted by atomic mass is 16.1. The second-order valence-corrected chi connectivity index (χ2v) is 4.69. The smallest absolute Gasteiger partial charge is 0.239 e. The van der Waals surface area contributed by atoms with Gasteiger partial charge in [0.2, 0.25) is 5.91 Å². The highest BCUT2D eigenvalue weighted by Crippen LogP contribution is 2.25. The normalized spacial score (nSPS) is 16.7. The van der Waals surface area contributed by atoms with E-state index < -0.39 is 5.91 Å². The first-order valence-corrected chi connectivity index (χ1v) is 6.17. The minimum Gasteiger partial charge on any atom is -0.368 e. The third kappa shape index (κ3) is 6.19. The molecule has 0 fully saturated rings. The molecule has 0 aromatic rings. The number of carbonyl (C=O) groups is 2. The molecule has 0 spiro atoms. The van der Waals surface area contributed by atoms with E-state index in [0.717, 1.165) is 12.8 Å². The monoisotopic (exact) mass is 240 g/mol. The average molecular weight is 240 g/mol. The number of nitrogens with zero attached hydrogens (tertiary/aromatic N) is 1. The Balaban J connectivity index is 4.20. The van der Waals surface area contributed by atoms with Crippen LogP contribution in [0.2, 0.25) is 0 Å². The van der Waals surface area contributed by atoms with Crippen LogP contribution in [0.25, 0.3) is 0 Å². The summed E-state index contributed by atoms with van der Waals surface area (Å²) in [6, 6.07) is 0. The van der Waals surface area contributed by atoms with Crippen LogP contribution in [0.4, 0.5) is 0 Å². The largest absolute Gasteiger partial charge is 0.368 e. The minimum atomic E-state index is -0.419. The Bertz CT molecular complexity index is 287. The number of amides is 1. The van der Waals surface area contributed by atoms with Gasteiger partial charge in [0.25, 0.3) is 0 Å². The molecule has 0 aromatic heterocycles. The van der Waals surface area contributed by atoms with Crippen LogP contribution >= 0.6 is 0 Å². The minimum absolute atomic E-state index is 0.0466. The molecule has 2 N–H and O–H groups in total. The molecule has 3 atom stereocenters. The maximum absolute atomic E-state index is 11.4. The Morgan fingerprint density at radius 2 is 1.94 bits per heavy atom. The van der Waals surface area contributed by atoms with Crippen LogP contribution in [0, 0.1) is 17.8 Å². The molecule has 0 rings (SSSR count). The second kappa shape index (κ2) is 7.98. The number of primary amides is 1. The van der Waals surface area contributed by atoms with Crippen molar-refractivity contribution < 1.29 is 9.59 Å². The van der Waals surface area contributed by atoms with Crippen LogP contribution in [-0.2, 0) is 9.59 Å². The lowest BCUT2D eigenvalue weighted by Crippen LogP contribution is -2.24. The average Bonchev–Trinajstić information content (AvgIpc) is 2.24. The molecule has 4 nitrogen and oxygen atoms in total. The number of nitrogens with two attached hydrogens (primary N) is 1. The van der Waals surface area contributed by atoms with Crippen LogP contribution in [-0.4, -0.2) is 24.4 Å². The van der Waals surface area contributed by atoms with E-state index in [1.165, 1.54) is 0 Å². The van der Waals surface area contributed by atoms with Crippen molar-refractivity contribution in [3.63, 3.8) is 0 Å². The zero-order chi connectivity index (χ0) is 13.4. The Morgan fingerprint density at radius 1 is 1.35 bits per heavy atom. The molecular weight excluding hydrogens is 216 g/mol. The Kier molecular flexibility index (Phi) is 7.42. The van der Waals surface area contributed by atoms with E-state index in [-0.39, 0.29) is 18.2 Å². The van der Waals surface area contributed by atoms with Crippen molar-refractivity contribution >= 4 is 17.9 Å². The molecule has 0 bridgehead atoms. The zero-order valence-corrected chi connectivity index (χ0v) is 11.3. The van der Waals surface area contributed by atoms with Crippen molar-refractivity contribution in [1.82, 2.24) is 0 Å². The molecule has 98 valence electrons. The van der Waals surface area contributed by atoms with Crippen molar-refractivity contribution in [2.45, 2.75) is 40.5 Å². The number of aliphatic imine (C=N–C) groups is 1. The molecule has 0 saturated carbocycles. The molecule has 0 aliphatic heterocycles. The van der Waals surface area contributed by atoms with Crippen LogP contribution < -0.4 is 5.73 Å². The predicted molar refractivity (Wildman–Crippen MR) is 70.0 cm³/mol. The van der Waals surface area contributed by atoms with Gasteiger partial charge in [-0.2, -0.15) is 0 Å². The summed E-state index contributed by atoms with van der Waals surface area (Å²) in [5.41, 5.74) is 4.98. The maximum atomic E-state index is 11.4. The number of Topliss-reactive ketones (excluding diaryl/α,β-unsaturated/α-hetero) is 1. The zero-order valence-electron chi connectivity index (χ0n) is 11.3. The molecule has 0 aromatic carbocycles. The molecule has 0 aliphatic carbocycles. The van der Waals surface area contributed by atoms with Gasteiger partial charge in [-0.1, -0.05) is 20.8 Å². The Labute approximate surface area is 104 Å². The summed E-state index contributed by atoms with van der Waals surface area (Å²) >= 11 is 0. The van der Waals surface area contributed by atoms with Crippen LogP contribution in [0.3, 0.4) is 0 Å². The second-order valence-electron chi connectivity index (χ2n) is 4.69. The van der Waals surface area contributed by atoms with Gasteiger partial charge < -0.3 is 5.73 Å². The lowest BCUT2D eigenvalue weighted by Gasteiger charge is -2.25. The van der Waals surface area contributed by atoms with Gasteiger partial charge in [-0.15, -0.1) is 0 Å². The SMILES string of the molecule is CC[C@H](C(C)=O)C(C)[C@H](C)CC=NCC(N)=O. The molecule has 1 unspecified atom stereocenters. The van der Waals surface area contributed by atoms with E-state index in [2.05, 4.69) is 18.8 Å². The molecule has 4 heteroatoms. The van der Waals surface area contributed by atoms with Crippen molar-refractivity contribution in [3.05, 3.63) is 0 Å². The van der Waals surface area contributed by atoms with E-state index >= 15 is 0 Å². The molecule has 1 amide bonds. The molecule has 17 heavy (non-hydrogen) atoms. The van der Waals surface area contributed by atoms with Gasteiger partial charge in [0, 0.05) is 5.92 Å². The quantitative estimate of drug-likeness (QED) is 0.657. The molecule has 0 heterocycles. The van der Waals surface area contributed by atoms with Gasteiger partial charge in [0.15, 0.2) is 0 Å². The van der Waals surface area contributed by atoms with Gasteiger partial charge in [-0.3, -0.25) is 14.6 Å². The van der Waals surface area contributed by atoms with Gasteiger partial charge >= 0.3 is 0 Å². The predicted octanol–water partition coefficient (Wildman–Crippen LogP) is 1.82. The number of carbonyl (C=O) groups excluding carboxylic acids is 2. The van der Waals surface area contributed by atoms with Crippen LogP contribution in [0.15, 0.2) is 4.99 Å². The summed E-state index contributed by atoms with van der Waals surface area (Å²) in [4.78, 5) is 25.9. The summed E-state index contributed by atoms with van der Waals surface area (Å²) in [6.45, 7) is 7.94. The van der Waals surface area contributed by atoms with Crippen molar-refractivity contribution in [2.75, 3.05) is 6.54 Å². The van der Waals surface area contributed by atoms with E-state index in [4.69, 9.17) is 5.73 Å². The van der Waals surface area contributed by atoms with E-state index in [1.54, 1.807) is 13.1 Å².